The van der Waals surface area contributed by atoms with Gasteiger partial charge < -0.3 is 32.7 Å². The first-order valence-electron chi connectivity index (χ1n) is 16.5. The minimum Gasteiger partial charge on any atom is -0.368 e. The van der Waals surface area contributed by atoms with Crippen LogP contribution in [0.25, 0.3) is 11.1 Å². The van der Waals surface area contributed by atoms with Crippen molar-refractivity contribution in [1.82, 2.24) is 15.5 Å². The number of nitrogens with two attached hydrogens (primary N) is 3. The normalized spacial score (nSPS) is 12.7. The lowest BCUT2D eigenvalue weighted by molar-refractivity contribution is -0.141. The number of primary amides is 1. The molecule has 49 heavy (non-hydrogen) atoms. The van der Waals surface area contributed by atoms with Gasteiger partial charge in [-0.15, -0.1) is 0 Å². The number of nitrogens with zero attached hydrogens (tertiary/aromatic N) is 1. The van der Waals surface area contributed by atoms with Crippen molar-refractivity contribution in [3.8, 4) is 11.1 Å². The SMILES string of the molecule is CN(C(=O)[C@@H](Cc1ccc(-c2ccccc2)cc1)NC(=O)c1cccc(CN)c1)[C@H](Cc1ccccc1)C(=O)N[C@@H](CCCCN)C(N)=O. The highest BCUT2D eigenvalue weighted by Crippen LogP contribution is 2.21. The quantitative estimate of drug-likeness (QED) is 0.109. The first-order chi connectivity index (χ1) is 23.7. The molecule has 0 aromatic heterocycles. The monoisotopic (exact) mass is 662 g/mol. The number of carbonyl (C=O) groups excluding carboxylic acids is 4. The summed E-state index contributed by atoms with van der Waals surface area (Å²) in [5, 5.41) is 5.70. The van der Waals surface area contributed by atoms with Gasteiger partial charge in [0.15, 0.2) is 0 Å². The predicted octanol–water partition coefficient (Wildman–Crippen LogP) is 3.32. The fraction of sp³-hybridized carbons (Fsp3) is 0.282. The molecule has 8 N–H and O–H groups in total. The molecular weight excluding hydrogens is 616 g/mol. The number of unbranched alkanes of at least 4 members (excludes halogenated alkanes) is 1. The number of hydrogen-bond donors (Lipinski definition) is 5. The summed E-state index contributed by atoms with van der Waals surface area (Å²) in [5.41, 5.74) is 21.9. The van der Waals surface area contributed by atoms with Crippen molar-refractivity contribution < 1.29 is 19.2 Å². The molecule has 0 saturated carbocycles. The molecule has 4 aromatic carbocycles. The Morgan fingerprint density at radius 3 is 1.92 bits per heavy atom. The van der Waals surface area contributed by atoms with Gasteiger partial charge in [-0.3, -0.25) is 19.2 Å². The van der Waals surface area contributed by atoms with E-state index >= 15 is 0 Å². The first-order valence-corrected chi connectivity index (χ1v) is 16.5. The molecule has 4 amide bonds. The van der Waals surface area contributed by atoms with E-state index in [2.05, 4.69) is 10.6 Å². The highest BCUT2D eigenvalue weighted by molar-refractivity contribution is 5.99. The van der Waals surface area contributed by atoms with Gasteiger partial charge in [0.1, 0.15) is 18.1 Å². The molecule has 0 aliphatic carbocycles. The van der Waals surface area contributed by atoms with E-state index in [1.54, 1.807) is 18.2 Å². The standard InChI is InChI=1S/C39H46N6O4/c1-45(35(25-27-11-4-2-5-12-27)38(48)43-33(36(42)46)17-8-9-22-40)39(49)34(44-37(47)32-16-10-13-29(23-32)26-41)24-28-18-20-31(21-19-28)30-14-6-3-7-15-30/h2-7,10-16,18-21,23,33-35H,8-9,17,22,24-26,40-41H2,1H3,(H2,42,46)(H,43,48)(H,44,47)/t33-,34+,35+/m0/s1. The zero-order chi connectivity index (χ0) is 35.2. The second kappa shape index (κ2) is 18.3. The molecule has 4 aromatic rings. The third kappa shape index (κ3) is 10.6. The number of carbonyl (C=O) groups is 4. The van der Waals surface area contributed by atoms with Crippen LogP contribution in [0.5, 0.6) is 0 Å². The Kier molecular flexibility index (Phi) is 13.6. The Hall–Kier alpha value is -5.32. The molecule has 0 heterocycles. The number of amides is 4. The van der Waals surface area contributed by atoms with Crippen LogP contribution in [0.4, 0.5) is 0 Å². The predicted molar refractivity (Wildman–Crippen MR) is 192 cm³/mol. The summed E-state index contributed by atoms with van der Waals surface area (Å²) in [6.45, 7) is 0.709. The Morgan fingerprint density at radius 1 is 0.673 bits per heavy atom. The average Bonchev–Trinajstić information content (AvgIpc) is 3.13. The van der Waals surface area contributed by atoms with Gasteiger partial charge in [-0.2, -0.15) is 0 Å². The molecule has 4 rings (SSSR count). The van der Waals surface area contributed by atoms with Crippen LogP contribution in [0.2, 0.25) is 0 Å². The second-order valence-electron chi connectivity index (χ2n) is 12.1. The van der Waals surface area contributed by atoms with Crippen LogP contribution in [0.3, 0.4) is 0 Å². The molecule has 3 atom stereocenters. The molecule has 256 valence electrons. The van der Waals surface area contributed by atoms with Gasteiger partial charge in [-0.25, -0.2) is 0 Å². The summed E-state index contributed by atoms with van der Waals surface area (Å²) in [7, 11) is 1.54. The smallest absolute Gasteiger partial charge is 0.251 e. The van der Waals surface area contributed by atoms with Crippen LogP contribution in [0, 0.1) is 0 Å². The van der Waals surface area contributed by atoms with Crippen LogP contribution >= 0.6 is 0 Å². The summed E-state index contributed by atoms with van der Waals surface area (Å²) in [6.07, 6.45) is 1.95. The molecule has 10 nitrogen and oxygen atoms in total. The maximum absolute atomic E-state index is 14.4. The van der Waals surface area contributed by atoms with Crippen LogP contribution in [-0.2, 0) is 33.8 Å². The van der Waals surface area contributed by atoms with Gasteiger partial charge in [0.2, 0.25) is 17.7 Å². The van der Waals surface area contributed by atoms with Crippen LogP contribution < -0.4 is 27.8 Å². The number of hydrogen-bond acceptors (Lipinski definition) is 6. The zero-order valence-corrected chi connectivity index (χ0v) is 27.9. The topological polar surface area (TPSA) is 174 Å². The Bertz CT molecular complexity index is 1680. The van der Waals surface area contributed by atoms with E-state index in [1.165, 1.54) is 11.9 Å². The highest BCUT2D eigenvalue weighted by Gasteiger charge is 2.34. The van der Waals surface area contributed by atoms with Gasteiger partial charge in [-0.1, -0.05) is 97.1 Å². The van der Waals surface area contributed by atoms with E-state index < -0.39 is 41.8 Å². The zero-order valence-electron chi connectivity index (χ0n) is 27.9. The third-order valence-corrected chi connectivity index (χ3v) is 8.53. The maximum Gasteiger partial charge on any atom is 0.251 e. The highest BCUT2D eigenvalue weighted by atomic mass is 16.2. The van der Waals surface area contributed by atoms with Crippen LogP contribution in [0.15, 0.2) is 109 Å². The summed E-state index contributed by atoms with van der Waals surface area (Å²) in [5.74, 6) is -2.10. The third-order valence-electron chi connectivity index (χ3n) is 8.53. The van der Waals surface area contributed by atoms with E-state index in [1.807, 2.05) is 91.0 Å². The first kappa shape index (κ1) is 36.5. The van der Waals surface area contributed by atoms with Crippen molar-refractivity contribution in [2.75, 3.05) is 13.6 Å². The molecule has 0 radical (unpaired) electrons. The number of nitrogens with one attached hydrogen (secondary N) is 2. The average molecular weight is 663 g/mol. The number of likely N-dealkylation sites (N-methyl/N-ethyl adjacent to an activating group) is 1. The van der Waals surface area contributed by atoms with E-state index in [9.17, 15) is 19.2 Å². The van der Waals surface area contributed by atoms with Crippen molar-refractivity contribution in [2.45, 2.75) is 56.8 Å². The largest absolute Gasteiger partial charge is 0.368 e. The minimum atomic E-state index is -1.02. The molecule has 0 unspecified atom stereocenters. The lowest BCUT2D eigenvalue weighted by Gasteiger charge is -2.32. The lowest BCUT2D eigenvalue weighted by Crippen LogP contribution is -2.57. The van der Waals surface area contributed by atoms with Crippen molar-refractivity contribution in [1.29, 1.82) is 0 Å². The molecule has 10 heteroatoms. The van der Waals surface area contributed by atoms with Crippen molar-refractivity contribution in [2.24, 2.45) is 17.2 Å². The van der Waals surface area contributed by atoms with Gasteiger partial charge in [0.25, 0.3) is 5.91 Å². The van der Waals surface area contributed by atoms with Gasteiger partial charge in [0, 0.05) is 32.0 Å². The van der Waals surface area contributed by atoms with Gasteiger partial charge >= 0.3 is 0 Å². The molecule has 0 aliphatic heterocycles. The molecule has 0 aliphatic rings. The summed E-state index contributed by atoms with van der Waals surface area (Å²) >= 11 is 0. The Labute approximate surface area is 288 Å². The minimum absolute atomic E-state index is 0.170. The van der Waals surface area contributed by atoms with E-state index in [-0.39, 0.29) is 19.4 Å². The van der Waals surface area contributed by atoms with Crippen molar-refractivity contribution in [3.63, 3.8) is 0 Å². The molecule has 0 saturated heterocycles. The number of benzene rings is 4. The van der Waals surface area contributed by atoms with Gasteiger partial charge in [-0.05, 0) is 65.8 Å². The molecule has 0 bridgehead atoms. The lowest BCUT2D eigenvalue weighted by atomic mass is 9.98. The van der Waals surface area contributed by atoms with E-state index in [4.69, 9.17) is 17.2 Å². The van der Waals surface area contributed by atoms with E-state index in [0.717, 1.165) is 27.8 Å². The van der Waals surface area contributed by atoms with Crippen LogP contribution in [0.1, 0.15) is 46.3 Å². The Balaban J connectivity index is 1.64. The summed E-state index contributed by atoms with van der Waals surface area (Å²) in [6, 6.07) is 31.0. The maximum atomic E-state index is 14.4. The van der Waals surface area contributed by atoms with Crippen LogP contribution in [-0.4, -0.2) is 60.2 Å². The van der Waals surface area contributed by atoms with E-state index in [0.29, 0.717) is 31.4 Å². The number of rotatable bonds is 17. The fourth-order valence-corrected chi connectivity index (χ4v) is 5.67. The van der Waals surface area contributed by atoms with Gasteiger partial charge in [0.05, 0.1) is 0 Å². The molecular formula is C39H46N6O4. The summed E-state index contributed by atoms with van der Waals surface area (Å²) in [4.78, 5) is 55.5. The molecule has 0 spiro atoms. The second-order valence-corrected chi connectivity index (χ2v) is 12.1. The van der Waals surface area contributed by atoms with Crippen molar-refractivity contribution in [3.05, 3.63) is 131 Å². The Morgan fingerprint density at radius 2 is 1.29 bits per heavy atom. The van der Waals surface area contributed by atoms with Crippen molar-refractivity contribution >= 4 is 23.6 Å². The molecule has 0 fully saturated rings. The summed E-state index contributed by atoms with van der Waals surface area (Å²) < 4.78 is 0. The fourth-order valence-electron chi connectivity index (χ4n) is 5.67.